The molecule has 8 heteroatoms. The molecule has 0 N–H and O–H groups in total. The van der Waals surface area contributed by atoms with Crippen molar-refractivity contribution in [3.8, 4) is 0 Å². The quantitative estimate of drug-likeness (QED) is 0.0527. The van der Waals surface area contributed by atoms with Crippen LogP contribution in [0.25, 0.3) is 0 Å². The van der Waals surface area contributed by atoms with Gasteiger partial charge in [0, 0.05) is 19.3 Å². The minimum absolute atomic E-state index is 0.0473. The predicted octanol–water partition coefficient (Wildman–Crippen LogP) is 6.51. The van der Waals surface area contributed by atoms with Crippen LogP contribution in [0, 0.1) is 0 Å². The SMILES string of the molecule is CCCCCCCCCCCC(=O)OCC(COCCC(C(=O)[O-])[N+](C)(C)C)OC(=O)CCCCCCCCCCC. The van der Waals surface area contributed by atoms with Crippen molar-refractivity contribution >= 4 is 17.9 Å². The molecule has 0 radical (unpaired) electrons. The van der Waals surface area contributed by atoms with Crippen molar-refractivity contribution in [2.75, 3.05) is 41.0 Å². The van der Waals surface area contributed by atoms with Crippen LogP contribution in [-0.2, 0) is 28.6 Å². The first-order chi connectivity index (χ1) is 20.1. The van der Waals surface area contributed by atoms with Gasteiger partial charge in [-0.2, -0.15) is 0 Å². The molecule has 0 saturated carbocycles. The Morgan fingerprint density at radius 3 is 1.48 bits per heavy atom. The highest BCUT2D eigenvalue weighted by molar-refractivity contribution is 5.70. The lowest BCUT2D eigenvalue weighted by molar-refractivity contribution is -0.889. The highest BCUT2D eigenvalue weighted by atomic mass is 16.6. The van der Waals surface area contributed by atoms with Gasteiger partial charge in [0.05, 0.1) is 40.3 Å². The van der Waals surface area contributed by atoms with Gasteiger partial charge in [-0.25, -0.2) is 0 Å². The number of nitrogens with zero attached hydrogens (tertiary/aromatic N) is 1. The van der Waals surface area contributed by atoms with Crippen molar-refractivity contribution < 1.29 is 38.2 Å². The number of hydrogen-bond acceptors (Lipinski definition) is 7. The van der Waals surface area contributed by atoms with E-state index < -0.39 is 18.1 Å². The summed E-state index contributed by atoms with van der Waals surface area (Å²) < 4.78 is 17.0. The summed E-state index contributed by atoms with van der Waals surface area (Å²) in [6.07, 6.45) is 21.3. The van der Waals surface area contributed by atoms with Crippen molar-refractivity contribution in [3.05, 3.63) is 0 Å². The molecule has 0 fully saturated rings. The fraction of sp³-hybridized carbons (Fsp3) is 0.912. The zero-order valence-electron chi connectivity index (χ0n) is 27.9. The molecule has 0 aromatic heterocycles. The average molecular weight is 600 g/mol. The first-order valence-corrected chi connectivity index (χ1v) is 17.1. The van der Waals surface area contributed by atoms with E-state index in [-0.39, 0.29) is 42.7 Å². The van der Waals surface area contributed by atoms with Gasteiger partial charge in [-0.1, -0.05) is 117 Å². The number of ether oxygens (including phenoxy) is 3. The smallest absolute Gasteiger partial charge is 0.306 e. The highest BCUT2D eigenvalue weighted by Crippen LogP contribution is 2.13. The number of carbonyl (C=O) groups excluding carboxylic acids is 3. The summed E-state index contributed by atoms with van der Waals surface area (Å²) >= 11 is 0. The van der Waals surface area contributed by atoms with E-state index in [9.17, 15) is 19.5 Å². The molecule has 0 bridgehead atoms. The summed E-state index contributed by atoms with van der Waals surface area (Å²) in [4.78, 5) is 36.3. The summed E-state index contributed by atoms with van der Waals surface area (Å²) in [7, 11) is 5.39. The molecule has 0 aromatic carbocycles. The number of unbranched alkanes of at least 4 members (excludes halogenated alkanes) is 16. The minimum Gasteiger partial charge on any atom is -0.544 e. The van der Waals surface area contributed by atoms with Gasteiger partial charge in [-0.05, 0) is 12.8 Å². The van der Waals surface area contributed by atoms with Crippen molar-refractivity contribution in [1.82, 2.24) is 0 Å². The molecule has 0 saturated heterocycles. The number of carboxylic acids is 1. The maximum absolute atomic E-state index is 12.5. The van der Waals surface area contributed by atoms with Crippen LogP contribution < -0.4 is 5.11 Å². The van der Waals surface area contributed by atoms with E-state index in [0.29, 0.717) is 12.8 Å². The first-order valence-electron chi connectivity index (χ1n) is 17.1. The molecule has 0 amide bonds. The maximum Gasteiger partial charge on any atom is 0.306 e. The van der Waals surface area contributed by atoms with Gasteiger partial charge in [-0.3, -0.25) is 9.59 Å². The van der Waals surface area contributed by atoms with Crippen molar-refractivity contribution in [1.29, 1.82) is 0 Å². The fourth-order valence-electron chi connectivity index (χ4n) is 5.01. The zero-order chi connectivity index (χ0) is 31.5. The molecule has 248 valence electrons. The number of rotatable bonds is 30. The lowest BCUT2D eigenvalue weighted by Gasteiger charge is -2.34. The molecule has 8 nitrogen and oxygen atoms in total. The fourth-order valence-corrected chi connectivity index (χ4v) is 5.01. The van der Waals surface area contributed by atoms with Crippen molar-refractivity contribution in [2.45, 2.75) is 161 Å². The molecule has 0 aromatic rings. The normalized spacial score (nSPS) is 13.1. The number of hydrogen-bond donors (Lipinski definition) is 0. The van der Waals surface area contributed by atoms with Crippen LogP contribution in [0.15, 0.2) is 0 Å². The second-order valence-electron chi connectivity index (χ2n) is 12.8. The van der Waals surface area contributed by atoms with Crippen LogP contribution in [0.3, 0.4) is 0 Å². The summed E-state index contributed by atoms with van der Waals surface area (Å²) in [6, 6.07) is -0.716. The minimum atomic E-state index is -1.12. The molecular weight excluding hydrogens is 534 g/mol. The van der Waals surface area contributed by atoms with Gasteiger partial charge in [0.15, 0.2) is 6.10 Å². The van der Waals surface area contributed by atoms with Gasteiger partial charge in [-0.15, -0.1) is 0 Å². The van der Waals surface area contributed by atoms with Gasteiger partial charge in [0.1, 0.15) is 12.6 Å². The maximum atomic E-state index is 12.5. The lowest BCUT2D eigenvalue weighted by atomic mass is 10.1. The molecular formula is C34H65NO7. The van der Waals surface area contributed by atoms with Gasteiger partial charge < -0.3 is 28.6 Å². The third-order valence-corrected chi connectivity index (χ3v) is 7.74. The van der Waals surface area contributed by atoms with E-state index in [1.54, 1.807) is 21.1 Å². The Balaban J connectivity index is 4.47. The van der Waals surface area contributed by atoms with Crippen LogP contribution in [0.5, 0.6) is 0 Å². The standard InChI is InChI=1S/C34H65NO7/c1-6-8-10-12-14-16-18-20-22-24-32(36)41-29-30(28-40-27-26-31(34(38)39)35(3,4)5)42-33(37)25-23-21-19-17-15-13-11-9-7-2/h30-31H,6-29H2,1-5H3. The van der Waals surface area contributed by atoms with Crippen LogP contribution >= 0.6 is 0 Å². The largest absolute Gasteiger partial charge is 0.544 e. The highest BCUT2D eigenvalue weighted by Gasteiger charge is 2.25. The predicted molar refractivity (Wildman–Crippen MR) is 167 cm³/mol. The third kappa shape index (κ3) is 24.9. The Morgan fingerprint density at radius 2 is 1.05 bits per heavy atom. The van der Waals surface area contributed by atoms with Gasteiger partial charge >= 0.3 is 11.9 Å². The molecule has 0 aliphatic heterocycles. The first kappa shape index (κ1) is 40.3. The molecule has 0 rings (SSSR count). The van der Waals surface area contributed by atoms with E-state index in [1.165, 1.54) is 77.0 Å². The molecule has 0 spiro atoms. The number of aliphatic carboxylic acids is 1. The summed E-state index contributed by atoms with van der Waals surface area (Å²) in [5.41, 5.74) is 0. The van der Waals surface area contributed by atoms with E-state index in [0.717, 1.165) is 38.5 Å². The monoisotopic (exact) mass is 599 g/mol. The number of carboxylic acid groups (broad SMARTS) is 1. The van der Waals surface area contributed by atoms with Crippen LogP contribution in [0.2, 0.25) is 0 Å². The van der Waals surface area contributed by atoms with E-state index in [1.807, 2.05) is 0 Å². The second kappa shape index (κ2) is 26.9. The Kier molecular flexibility index (Phi) is 25.8. The van der Waals surface area contributed by atoms with Gasteiger partial charge in [0.25, 0.3) is 0 Å². The lowest BCUT2D eigenvalue weighted by Crippen LogP contribution is -2.55. The molecule has 2 unspecified atom stereocenters. The number of quaternary nitrogens is 1. The Labute approximate surface area is 257 Å². The second-order valence-corrected chi connectivity index (χ2v) is 12.8. The van der Waals surface area contributed by atoms with Gasteiger partial charge in [0.2, 0.25) is 0 Å². The Bertz CT molecular complexity index is 677. The summed E-state index contributed by atoms with van der Waals surface area (Å²) in [6.45, 7) is 4.61. The van der Waals surface area contributed by atoms with Crippen molar-refractivity contribution in [3.63, 3.8) is 0 Å². The number of carbonyl (C=O) groups is 3. The third-order valence-electron chi connectivity index (χ3n) is 7.74. The molecule has 42 heavy (non-hydrogen) atoms. The molecule has 2 atom stereocenters. The molecule has 0 aliphatic rings. The van der Waals surface area contributed by atoms with Crippen LogP contribution in [0.1, 0.15) is 149 Å². The van der Waals surface area contributed by atoms with E-state index in [2.05, 4.69) is 13.8 Å². The summed E-state index contributed by atoms with van der Waals surface area (Å²) in [5.74, 6) is -1.74. The Hall–Kier alpha value is -1.67. The zero-order valence-corrected chi connectivity index (χ0v) is 27.9. The summed E-state index contributed by atoms with van der Waals surface area (Å²) in [5, 5.41) is 11.5. The topological polar surface area (TPSA) is 102 Å². The van der Waals surface area contributed by atoms with Crippen LogP contribution in [0.4, 0.5) is 0 Å². The number of esters is 2. The molecule has 0 heterocycles. The van der Waals surface area contributed by atoms with Crippen molar-refractivity contribution in [2.24, 2.45) is 0 Å². The Morgan fingerprint density at radius 1 is 0.619 bits per heavy atom. The van der Waals surface area contributed by atoms with E-state index in [4.69, 9.17) is 14.2 Å². The van der Waals surface area contributed by atoms with Crippen LogP contribution in [-0.4, -0.2) is 75.5 Å². The number of likely N-dealkylation sites (N-methyl/N-ethyl adjacent to an activating group) is 1. The van der Waals surface area contributed by atoms with E-state index >= 15 is 0 Å². The average Bonchev–Trinajstić information content (AvgIpc) is 2.92. The molecule has 0 aliphatic carbocycles.